The number of aliphatic hydroxyl groups is 1. The molecule has 4 heteroatoms. The van der Waals surface area contributed by atoms with E-state index < -0.39 is 0 Å². The molecule has 1 unspecified atom stereocenters. The number of aryl methyl sites for hydroxylation is 2. The first-order valence-corrected chi connectivity index (χ1v) is 7.38. The highest BCUT2D eigenvalue weighted by Crippen LogP contribution is 2.14. The smallest absolute Gasteiger partial charge is 0.319 e. The number of amides is 2. The van der Waals surface area contributed by atoms with Crippen LogP contribution in [0.15, 0.2) is 48.5 Å². The van der Waals surface area contributed by atoms with E-state index >= 15 is 0 Å². The minimum atomic E-state index is -0.311. The number of urea groups is 1. The third-order valence-electron chi connectivity index (χ3n) is 3.65. The number of hydrogen-bond donors (Lipinski definition) is 3. The summed E-state index contributed by atoms with van der Waals surface area (Å²) in [6.07, 6.45) is 0.595. The minimum absolute atomic E-state index is 0.102. The van der Waals surface area contributed by atoms with E-state index in [-0.39, 0.29) is 18.7 Å². The molecule has 2 rings (SSSR count). The second-order valence-electron chi connectivity index (χ2n) is 5.47. The van der Waals surface area contributed by atoms with Crippen LogP contribution in [0, 0.1) is 13.8 Å². The van der Waals surface area contributed by atoms with Crippen molar-refractivity contribution in [3.05, 3.63) is 65.2 Å². The van der Waals surface area contributed by atoms with Crippen molar-refractivity contribution in [3.63, 3.8) is 0 Å². The monoisotopic (exact) mass is 298 g/mol. The van der Waals surface area contributed by atoms with Crippen molar-refractivity contribution in [3.8, 4) is 0 Å². The van der Waals surface area contributed by atoms with E-state index in [0.717, 1.165) is 16.8 Å². The summed E-state index contributed by atoms with van der Waals surface area (Å²) in [6.45, 7) is 3.93. The van der Waals surface area contributed by atoms with Crippen LogP contribution in [0.25, 0.3) is 0 Å². The lowest BCUT2D eigenvalue weighted by Crippen LogP contribution is -2.41. The van der Waals surface area contributed by atoms with Crippen LogP contribution in [0.2, 0.25) is 0 Å². The van der Waals surface area contributed by atoms with Crippen molar-refractivity contribution in [1.82, 2.24) is 5.32 Å². The van der Waals surface area contributed by atoms with Crippen LogP contribution in [0.1, 0.15) is 16.7 Å². The van der Waals surface area contributed by atoms with Crippen molar-refractivity contribution >= 4 is 11.7 Å². The highest BCUT2D eigenvalue weighted by Gasteiger charge is 2.12. The first kappa shape index (κ1) is 16.0. The van der Waals surface area contributed by atoms with Gasteiger partial charge in [0.1, 0.15) is 0 Å². The largest absolute Gasteiger partial charge is 0.394 e. The topological polar surface area (TPSA) is 61.4 Å². The lowest BCUT2D eigenvalue weighted by atomic mass is 10.1. The predicted octanol–water partition coefficient (Wildman–Crippen LogP) is 3.03. The normalized spacial score (nSPS) is 11.8. The van der Waals surface area contributed by atoms with Crippen LogP contribution in [-0.4, -0.2) is 23.8 Å². The maximum absolute atomic E-state index is 12.0. The first-order valence-electron chi connectivity index (χ1n) is 7.38. The van der Waals surface area contributed by atoms with Gasteiger partial charge in [-0.1, -0.05) is 36.4 Å². The van der Waals surface area contributed by atoms with Crippen molar-refractivity contribution in [2.45, 2.75) is 26.3 Å². The van der Waals surface area contributed by atoms with Gasteiger partial charge in [-0.05, 0) is 49.1 Å². The van der Waals surface area contributed by atoms with Crippen molar-refractivity contribution in [2.75, 3.05) is 11.9 Å². The summed E-state index contributed by atoms with van der Waals surface area (Å²) in [6, 6.07) is 14.9. The van der Waals surface area contributed by atoms with Crippen LogP contribution >= 0.6 is 0 Å². The lowest BCUT2D eigenvalue weighted by Gasteiger charge is -2.17. The average molecular weight is 298 g/mol. The molecule has 0 bridgehead atoms. The highest BCUT2D eigenvalue weighted by molar-refractivity contribution is 5.89. The Bertz CT molecular complexity index is 626. The number of nitrogens with one attached hydrogen (secondary N) is 2. The third kappa shape index (κ3) is 4.60. The second-order valence-corrected chi connectivity index (χ2v) is 5.47. The van der Waals surface area contributed by atoms with Crippen LogP contribution in [0.5, 0.6) is 0 Å². The van der Waals surface area contributed by atoms with Crippen LogP contribution in [0.3, 0.4) is 0 Å². The Morgan fingerprint density at radius 3 is 2.45 bits per heavy atom. The van der Waals surface area contributed by atoms with Gasteiger partial charge in [0.15, 0.2) is 0 Å². The molecule has 3 N–H and O–H groups in total. The molecule has 4 nitrogen and oxygen atoms in total. The van der Waals surface area contributed by atoms with Crippen LogP contribution < -0.4 is 10.6 Å². The van der Waals surface area contributed by atoms with Gasteiger partial charge in [-0.25, -0.2) is 4.79 Å². The van der Waals surface area contributed by atoms with Gasteiger partial charge in [-0.3, -0.25) is 0 Å². The molecule has 22 heavy (non-hydrogen) atoms. The third-order valence-corrected chi connectivity index (χ3v) is 3.65. The zero-order valence-corrected chi connectivity index (χ0v) is 13.0. The molecule has 0 heterocycles. The molecule has 0 saturated carbocycles. The summed E-state index contributed by atoms with van der Waals surface area (Å²) in [7, 11) is 0. The van der Waals surface area contributed by atoms with E-state index in [1.165, 1.54) is 5.56 Å². The van der Waals surface area contributed by atoms with Gasteiger partial charge >= 0.3 is 6.03 Å². The van der Waals surface area contributed by atoms with Gasteiger partial charge in [-0.15, -0.1) is 0 Å². The van der Waals surface area contributed by atoms with E-state index in [1.54, 1.807) is 0 Å². The Balaban J connectivity index is 1.93. The molecular formula is C18H22N2O2. The summed E-state index contributed by atoms with van der Waals surface area (Å²) in [5.41, 5.74) is 4.13. The Kier molecular flexibility index (Phi) is 5.55. The first-order chi connectivity index (χ1) is 10.6. The maximum Gasteiger partial charge on any atom is 0.319 e. The summed E-state index contributed by atoms with van der Waals surface area (Å²) >= 11 is 0. The van der Waals surface area contributed by atoms with E-state index in [2.05, 4.69) is 10.6 Å². The SMILES string of the molecule is Cc1ccc(NC(=O)NC(CO)Cc2ccccc2)cc1C. The van der Waals surface area contributed by atoms with Crippen molar-refractivity contribution in [2.24, 2.45) is 0 Å². The maximum atomic E-state index is 12.0. The molecule has 0 aromatic heterocycles. The molecule has 0 saturated heterocycles. The number of rotatable bonds is 5. The summed E-state index contributed by atoms with van der Waals surface area (Å²) in [4.78, 5) is 12.0. The fourth-order valence-electron chi connectivity index (χ4n) is 2.23. The molecule has 0 aliphatic carbocycles. The number of anilines is 1. The quantitative estimate of drug-likeness (QED) is 0.794. The van der Waals surface area contributed by atoms with E-state index in [1.807, 2.05) is 62.4 Å². The number of benzene rings is 2. The molecule has 0 aliphatic rings. The zero-order chi connectivity index (χ0) is 15.9. The predicted molar refractivity (Wildman–Crippen MR) is 89.1 cm³/mol. The molecule has 0 radical (unpaired) electrons. The van der Waals surface area contributed by atoms with Gasteiger partial charge in [0.2, 0.25) is 0 Å². The zero-order valence-electron chi connectivity index (χ0n) is 13.0. The Hall–Kier alpha value is -2.33. The number of carbonyl (C=O) groups excluding carboxylic acids is 1. The molecule has 2 aromatic carbocycles. The standard InChI is InChI=1S/C18H22N2O2/c1-13-8-9-16(10-14(13)2)19-18(22)20-17(12-21)11-15-6-4-3-5-7-15/h3-10,17,21H,11-12H2,1-2H3,(H2,19,20,22). The van der Waals surface area contributed by atoms with E-state index in [4.69, 9.17) is 0 Å². The number of carbonyl (C=O) groups is 1. The Morgan fingerprint density at radius 2 is 1.82 bits per heavy atom. The van der Waals surface area contributed by atoms with Gasteiger partial charge in [-0.2, -0.15) is 0 Å². The second kappa shape index (κ2) is 7.61. The van der Waals surface area contributed by atoms with Gasteiger partial charge < -0.3 is 15.7 Å². The summed E-state index contributed by atoms with van der Waals surface area (Å²) in [5, 5.41) is 15.0. The number of aliphatic hydroxyl groups excluding tert-OH is 1. The molecule has 0 aliphatic heterocycles. The van der Waals surface area contributed by atoms with Gasteiger partial charge in [0, 0.05) is 5.69 Å². The van der Waals surface area contributed by atoms with E-state index in [0.29, 0.717) is 6.42 Å². The molecule has 116 valence electrons. The summed E-state index contributed by atoms with van der Waals surface area (Å²) < 4.78 is 0. The Labute approximate surface area is 131 Å². The summed E-state index contributed by atoms with van der Waals surface area (Å²) in [5.74, 6) is 0. The fraction of sp³-hybridized carbons (Fsp3) is 0.278. The molecule has 1 atom stereocenters. The van der Waals surface area contributed by atoms with Crippen molar-refractivity contribution in [1.29, 1.82) is 0 Å². The lowest BCUT2D eigenvalue weighted by molar-refractivity contribution is 0.224. The molecule has 0 fully saturated rings. The van der Waals surface area contributed by atoms with Gasteiger partial charge in [0.25, 0.3) is 0 Å². The van der Waals surface area contributed by atoms with E-state index in [9.17, 15) is 9.90 Å². The number of hydrogen-bond acceptors (Lipinski definition) is 2. The fourth-order valence-corrected chi connectivity index (χ4v) is 2.23. The van der Waals surface area contributed by atoms with Gasteiger partial charge in [0.05, 0.1) is 12.6 Å². The molecule has 2 aromatic rings. The van der Waals surface area contributed by atoms with Crippen LogP contribution in [0.4, 0.5) is 10.5 Å². The van der Waals surface area contributed by atoms with Crippen molar-refractivity contribution < 1.29 is 9.90 Å². The molecule has 0 spiro atoms. The highest BCUT2D eigenvalue weighted by atomic mass is 16.3. The minimum Gasteiger partial charge on any atom is -0.394 e. The molecular weight excluding hydrogens is 276 g/mol. The average Bonchev–Trinajstić information content (AvgIpc) is 2.51. The van der Waals surface area contributed by atoms with Crippen LogP contribution in [-0.2, 0) is 6.42 Å². The molecule has 2 amide bonds. The Morgan fingerprint density at radius 1 is 1.09 bits per heavy atom.